The second-order valence-corrected chi connectivity index (χ2v) is 5.05. The number of fused-ring (bicyclic) bond motifs is 1. The number of aromatic nitrogens is 4. The first-order valence-corrected chi connectivity index (χ1v) is 5.52. The van der Waals surface area contributed by atoms with Gasteiger partial charge in [-0.05, 0) is 18.9 Å². The fraction of sp³-hybridized carbons (Fsp3) is 0.444. The standard InChI is InChI=1S/C9H12N4OS/c1-5(2)15-9-11-8-10-6(3)4-7(14)13(8)12-9/h4-5,14H,1-3H3/p-1. The number of hydrogen-bond donors (Lipinski definition) is 0. The average Bonchev–Trinajstić information content (AvgIpc) is 2.45. The van der Waals surface area contributed by atoms with Crippen LogP contribution >= 0.6 is 11.8 Å². The molecule has 0 aliphatic rings. The van der Waals surface area contributed by atoms with Crippen molar-refractivity contribution in [3.05, 3.63) is 11.8 Å². The summed E-state index contributed by atoms with van der Waals surface area (Å²) in [5, 5.41) is 16.6. The minimum atomic E-state index is -0.180. The van der Waals surface area contributed by atoms with E-state index in [-0.39, 0.29) is 5.88 Å². The van der Waals surface area contributed by atoms with E-state index in [1.165, 1.54) is 22.3 Å². The van der Waals surface area contributed by atoms with Gasteiger partial charge in [0.25, 0.3) is 5.78 Å². The van der Waals surface area contributed by atoms with Gasteiger partial charge in [0.15, 0.2) is 0 Å². The van der Waals surface area contributed by atoms with Crippen LogP contribution < -0.4 is 5.11 Å². The van der Waals surface area contributed by atoms with E-state index in [1.807, 2.05) is 13.8 Å². The van der Waals surface area contributed by atoms with Gasteiger partial charge in [-0.2, -0.15) is 4.98 Å². The largest absolute Gasteiger partial charge is 0.858 e. The summed E-state index contributed by atoms with van der Waals surface area (Å²) < 4.78 is 1.23. The van der Waals surface area contributed by atoms with E-state index in [1.54, 1.807) is 6.92 Å². The van der Waals surface area contributed by atoms with Gasteiger partial charge in [0, 0.05) is 10.9 Å². The Labute approximate surface area is 91.6 Å². The zero-order chi connectivity index (χ0) is 11.0. The highest BCUT2D eigenvalue weighted by molar-refractivity contribution is 7.99. The monoisotopic (exact) mass is 223 g/mol. The van der Waals surface area contributed by atoms with Crippen molar-refractivity contribution in [2.24, 2.45) is 0 Å². The van der Waals surface area contributed by atoms with Gasteiger partial charge in [-0.15, -0.1) is 5.10 Å². The topological polar surface area (TPSA) is 66.1 Å². The van der Waals surface area contributed by atoms with Crippen LogP contribution in [0.4, 0.5) is 0 Å². The highest BCUT2D eigenvalue weighted by Gasteiger charge is 2.07. The van der Waals surface area contributed by atoms with Gasteiger partial charge < -0.3 is 5.11 Å². The van der Waals surface area contributed by atoms with E-state index >= 15 is 0 Å². The van der Waals surface area contributed by atoms with Crippen LogP contribution in [0.2, 0.25) is 0 Å². The summed E-state index contributed by atoms with van der Waals surface area (Å²) in [6.07, 6.45) is 0. The highest BCUT2D eigenvalue weighted by atomic mass is 32.2. The molecule has 0 unspecified atom stereocenters. The van der Waals surface area contributed by atoms with Crippen molar-refractivity contribution in [1.82, 2.24) is 19.6 Å². The summed E-state index contributed by atoms with van der Waals surface area (Å²) in [5.41, 5.74) is 0.668. The lowest BCUT2D eigenvalue weighted by molar-refractivity contribution is -0.277. The molecule has 0 saturated heterocycles. The smallest absolute Gasteiger partial charge is 0.252 e. The molecule has 0 radical (unpaired) electrons. The molecular formula is C9H11N4OS-. The second-order valence-electron chi connectivity index (χ2n) is 3.51. The minimum absolute atomic E-state index is 0.180. The molecule has 0 aliphatic heterocycles. The van der Waals surface area contributed by atoms with Crippen LogP contribution in [-0.2, 0) is 0 Å². The predicted molar refractivity (Wildman–Crippen MR) is 56.0 cm³/mol. The molecule has 2 aromatic heterocycles. The van der Waals surface area contributed by atoms with E-state index in [9.17, 15) is 5.11 Å². The zero-order valence-electron chi connectivity index (χ0n) is 8.76. The zero-order valence-corrected chi connectivity index (χ0v) is 9.58. The minimum Gasteiger partial charge on any atom is -0.858 e. The second kappa shape index (κ2) is 3.69. The molecule has 2 rings (SSSR count). The summed E-state index contributed by atoms with van der Waals surface area (Å²) in [5.74, 6) is 0.198. The van der Waals surface area contributed by atoms with E-state index in [0.717, 1.165) is 0 Å². The molecule has 15 heavy (non-hydrogen) atoms. The Bertz CT molecular complexity index is 494. The van der Waals surface area contributed by atoms with Crippen molar-refractivity contribution < 1.29 is 5.11 Å². The number of aryl methyl sites for hydroxylation is 1. The van der Waals surface area contributed by atoms with Crippen LogP contribution in [0.25, 0.3) is 5.78 Å². The number of thioether (sulfide) groups is 1. The molecule has 0 bridgehead atoms. The number of rotatable bonds is 2. The summed E-state index contributed by atoms with van der Waals surface area (Å²) in [4.78, 5) is 8.32. The lowest BCUT2D eigenvalue weighted by atomic mass is 10.4. The van der Waals surface area contributed by atoms with Gasteiger partial charge in [-0.1, -0.05) is 25.6 Å². The molecule has 2 aromatic rings. The van der Waals surface area contributed by atoms with Crippen molar-refractivity contribution in [3.8, 4) is 5.88 Å². The van der Waals surface area contributed by atoms with E-state index in [0.29, 0.717) is 21.9 Å². The van der Waals surface area contributed by atoms with Crippen molar-refractivity contribution in [1.29, 1.82) is 0 Å². The van der Waals surface area contributed by atoms with Gasteiger partial charge in [0.2, 0.25) is 5.16 Å². The van der Waals surface area contributed by atoms with E-state index < -0.39 is 0 Å². The lowest BCUT2D eigenvalue weighted by Crippen LogP contribution is -2.03. The first-order valence-electron chi connectivity index (χ1n) is 4.64. The SMILES string of the molecule is Cc1cc([O-])n2nc(SC(C)C)nc2n1. The Hall–Kier alpha value is -1.30. The maximum absolute atomic E-state index is 11.5. The van der Waals surface area contributed by atoms with Gasteiger partial charge in [0.1, 0.15) is 0 Å². The third kappa shape index (κ3) is 2.04. The van der Waals surface area contributed by atoms with Gasteiger partial charge >= 0.3 is 0 Å². The van der Waals surface area contributed by atoms with E-state index in [4.69, 9.17) is 0 Å². The van der Waals surface area contributed by atoms with Crippen molar-refractivity contribution >= 4 is 17.5 Å². The molecular weight excluding hydrogens is 212 g/mol. The predicted octanol–water partition coefficient (Wildman–Crippen LogP) is 1.01. The Morgan fingerprint density at radius 1 is 1.40 bits per heavy atom. The molecule has 5 nitrogen and oxygen atoms in total. The van der Waals surface area contributed by atoms with Gasteiger partial charge in [-0.3, -0.25) is 0 Å². The quantitative estimate of drug-likeness (QED) is 0.711. The molecule has 2 heterocycles. The van der Waals surface area contributed by atoms with Crippen molar-refractivity contribution in [2.75, 3.05) is 0 Å². The molecule has 0 aromatic carbocycles. The summed E-state index contributed by atoms with van der Waals surface area (Å²) >= 11 is 1.52. The Morgan fingerprint density at radius 2 is 2.13 bits per heavy atom. The average molecular weight is 223 g/mol. The van der Waals surface area contributed by atoms with Crippen molar-refractivity contribution in [3.63, 3.8) is 0 Å². The normalized spacial score (nSPS) is 11.5. The fourth-order valence-corrected chi connectivity index (χ4v) is 1.88. The van der Waals surface area contributed by atoms with E-state index in [2.05, 4.69) is 15.1 Å². The third-order valence-corrected chi connectivity index (χ3v) is 2.58. The first-order chi connectivity index (χ1) is 7.06. The summed E-state index contributed by atoms with van der Waals surface area (Å²) in [6.45, 7) is 5.87. The molecule has 0 amide bonds. The molecule has 0 fully saturated rings. The third-order valence-electron chi connectivity index (χ3n) is 1.73. The van der Waals surface area contributed by atoms with Crippen LogP contribution in [0.15, 0.2) is 11.2 Å². The number of nitrogens with zero attached hydrogens (tertiary/aromatic N) is 4. The van der Waals surface area contributed by atoms with Crippen LogP contribution in [0, 0.1) is 6.92 Å². The molecule has 0 saturated carbocycles. The first kappa shape index (κ1) is 10.2. The molecule has 0 aliphatic carbocycles. The maximum Gasteiger partial charge on any atom is 0.252 e. The molecule has 0 spiro atoms. The van der Waals surface area contributed by atoms with Crippen LogP contribution in [0.3, 0.4) is 0 Å². The Kier molecular flexibility index (Phi) is 2.52. The Balaban J connectivity index is 2.50. The van der Waals surface area contributed by atoms with Gasteiger partial charge in [0.05, 0.1) is 0 Å². The molecule has 80 valence electrons. The van der Waals surface area contributed by atoms with Crippen LogP contribution in [0.5, 0.6) is 5.88 Å². The summed E-state index contributed by atoms with van der Waals surface area (Å²) in [7, 11) is 0. The Morgan fingerprint density at radius 3 is 2.80 bits per heavy atom. The molecule has 6 heteroatoms. The number of hydrogen-bond acceptors (Lipinski definition) is 5. The molecule has 0 N–H and O–H groups in total. The maximum atomic E-state index is 11.5. The van der Waals surface area contributed by atoms with Crippen LogP contribution in [-0.4, -0.2) is 24.8 Å². The molecule has 0 atom stereocenters. The lowest BCUT2D eigenvalue weighted by Gasteiger charge is -2.06. The van der Waals surface area contributed by atoms with Crippen LogP contribution in [0.1, 0.15) is 19.5 Å². The van der Waals surface area contributed by atoms with Gasteiger partial charge in [-0.25, -0.2) is 9.50 Å². The fourth-order valence-electron chi connectivity index (χ4n) is 1.20. The summed E-state index contributed by atoms with van der Waals surface area (Å²) in [6, 6.07) is 1.45. The van der Waals surface area contributed by atoms with Crippen molar-refractivity contribution in [2.45, 2.75) is 31.2 Å². The highest BCUT2D eigenvalue weighted by Crippen LogP contribution is 2.20.